The molecule has 0 aromatic carbocycles. The lowest BCUT2D eigenvalue weighted by molar-refractivity contribution is -0.111. The Kier molecular flexibility index (Phi) is 4.04. The number of rotatable bonds is 5. The van der Waals surface area contributed by atoms with E-state index in [-0.39, 0.29) is 11.7 Å². The van der Waals surface area contributed by atoms with E-state index in [9.17, 15) is 0 Å². The highest BCUT2D eigenvalue weighted by Crippen LogP contribution is 2.43. The van der Waals surface area contributed by atoms with Gasteiger partial charge in [-0.2, -0.15) is 0 Å². The number of hydrogen-bond acceptors (Lipinski definition) is 2. The molecule has 0 aromatic rings. The first-order chi connectivity index (χ1) is 7.74. The molecule has 0 N–H and O–H groups in total. The highest BCUT2D eigenvalue weighted by Gasteiger charge is 2.39. The van der Waals surface area contributed by atoms with Crippen molar-refractivity contribution in [3.63, 3.8) is 0 Å². The third kappa shape index (κ3) is 2.67. The van der Waals surface area contributed by atoms with E-state index in [4.69, 9.17) is 9.47 Å². The molecular weight excluding hydrogens is 200 g/mol. The van der Waals surface area contributed by atoms with E-state index in [2.05, 4.69) is 19.9 Å². The summed E-state index contributed by atoms with van der Waals surface area (Å²) in [7, 11) is 0. The van der Waals surface area contributed by atoms with Gasteiger partial charge in [0.1, 0.15) is 0 Å². The second-order valence-electron chi connectivity index (χ2n) is 5.35. The van der Waals surface area contributed by atoms with Gasteiger partial charge in [-0.3, -0.25) is 0 Å². The molecule has 0 radical (unpaired) electrons. The standard InChI is InChI=1S/C14H24O2/c1-3-4-9-15-13-10-14(2,11-16-13)12-7-5-6-8-12/h7,13H,3-6,8-11H2,1-2H3. The predicted molar refractivity (Wildman–Crippen MR) is 65.3 cm³/mol. The zero-order chi connectivity index (χ0) is 11.4. The van der Waals surface area contributed by atoms with Crippen LogP contribution in [0.3, 0.4) is 0 Å². The van der Waals surface area contributed by atoms with Crippen molar-refractivity contribution in [2.75, 3.05) is 13.2 Å². The Bertz CT molecular complexity index is 259. The minimum absolute atomic E-state index is 0.0399. The highest BCUT2D eigenvalue weighted by molar-refractivity contribution is 5.18. The maximum absolute atomic E-state index is 5.76. The maximum atomic E-state index is 5.76. The van der Waals surface area contributed by atoms with E-state index >= 15 is 0 Å². The zero-order valence-corrected chi connectivity index (χ0v) is 10.6. The molecule has 1 fully saturated rings. The highest BCUT2D eigenvalue weighted by atomic mass is 16.7. The average molecular weight is 224 g/mol. The van der Waals surface area contributed by atoms with E-state index in [0.29, 0.717) is 0 Å². The Hall–Kier alpha value is -0.340. The largest absolute Gasteiger partial charge is 0.353 e. The van der Waals surface area contributed by atoms with Gasteiger partial charge in [-0.05, 0) is 25.7 Å². The van der Waals surface area contributed by atoms with E-state index in [0.717, 1.165) is 26.1 Å². The van der Waals surface area contributed by atoms with Crippen LogP contribution in [0.5, 0.6) is 0 Å². The lowest BCUT2D eigenvalue weighted by Gasteiger charge is -2.23. The molecule has 1 saturated heterocycles. The van der Waals surface area contributed by atoms with Crippen LogP contribution in [-0.4, -0.2) is 19.5 Å². The fourth-order valence-electron chi connectivity index (χ4n) is 2.67. The molecule has 2 atom stereocenters. The van der Waals surface area contributed by atoms with Crippen molar-refractivity contribution in [2.45, 2.75) is 58.7 Å². The SMILES string of the molecule is CCCCOC1CC(C)(C2=CCCC2)CO1. The monoisotopic (exact) mass is 224 g/mol. The molecule has 2 nitrogen and oxygen atoms in total. The van der Waals surface area contributed by atoms with Gasteiger partial charge in [0.05, 0.1) is 6.61 Å². The Balaban J connectivity index is 1.81. The third-order valence-corrected chi connectivity index (χ3v) is 3.82. The molecule has 0 bridgehead atoms. The van der Waals surface area contributed by atoms with Crippen molar-refractivity contribution >= 4 is 0 Å². The van der Waals surface area contributed by atoms with Crippen LogP contribution in [0.4, 0.5) is 0 Å². The van der Waals surface area contributed by atoms with Crippen LogP contribution in [0.25, 0.3) is 0 Å². The van der Waals surface area contributed by atoms with Crippen LogP contribution in [0.2, 0.25) is 0 Å². The third-order valence-electron chi connectivity index (χ3n) is 3.82. The molecule has 1 aliphatic heterocycles. The summed E-state index contributed by atoms with van der Waals surface area (Å²) in [5, 5.41) is 0. The van der Waals surface area contributed by atoms with E-state index in [1.54, 1.807) is 5.57 Å². The summed E-state index contributed by atoms with van der Waals surface area (Å²) in [4.78, 5) is 0. The lowest BCUT2D eigenvalue weighted by Crippen LogP contribution is -2.19. The Labute approximate surface area is 99.0 Å². The Morgan fingerprint density at radius 3 is 3.12 bits per heavy atom. The van der Waals surface area contributed by atoms with Crippen LogP contribution in [0, 0.1) is 5.41 Å². The van der Waals surface area contributed by atoms with Crippen LogP contribution in [0.15, 0.2) is 11.6 Å². The van der Waals surface area contributed by atoms with Crippen molar-refractivity contribution in [1.29, 1.82) is 0 Å². The summed E-state index contributed by atoms with van der Waals surface area (Å²) >= 11 is 0. The smallest absolute Gasteiger partial charge is 0.158 e. The van der Waals surface area contributed by atoms with Crippen molar-refractivity contribution < 1.29 is 9.47 Å². The summed E-state index contributed by atoms with van der Waals surface area (Å²) in [5.41, 5.74) is 1.86. The molecule has 0 amide bonds. The number of ether oxygens (including phenoxy) is 2. The summed E-state index contributed by atoms with van der Waals surface area (Å²) < 4.78 is 11.5. The Morgan fingerprint density at radius 1 is 1.56 bits per heavy atom. The van der Waals surface area contributed by atoms with E-state index in [1.165, 1.54) is 25.7 Å². The molecule has 16 heavy (non-hydrogen) atoms. The summed E-state index contributed by atoms with van der Waals surface area (Å²) in [6.45, 7) is 6.20. The van der Waals surface area contributed by atoms with Crippen molar-refractivity contribution in [1.82, 2.24) is 0 Å². The maximum Gasteiger partial charge on any atom is 0.158 e. The number of hydrogen-bond donors (Lipinski definition) is 0. The lowest BCUT2D eigenvalue weighted by atomic mass is 9.81. The van der Waals surface area contributed by atoms with Crippen LogP contribution < -0.4 is 0 Å². The summed E-state index contributed by atoms with van der Waals surface area (Å²) in [6.07, 6.45) is 9.67. The molecule has 0 aromatic heterocycles. The normalized spacial score (nSPS) is 34.4. The molecule has 0 saturated carbocycles. The Morgan fingerprint density at radius 2 is 2.44 bits per heavy atom. The molecule has 0 spiro atoms. The zero-order valence-electron chi connectivity index (χ0n) is 10.6. The number of unbranched alkanes of at least 4 members (excludes halogenated alkanes) is 1. The van der Waals surface area contributed by atoms with Gasteiger partial charge in [-0.1, -0.05) is 31.9 Å². The fraction of sp³-hybridized carbons (Fsp3) is 0.857. The molecule has 2 aliphatic rings. The van der Waals surface area contributed by atoms with Gasteiger partial charge in [-0.25, -0.2) is 0 Å². The predicted octanol–water partition coefficient (Wildman–Crippen LogP) is 3.67. The van der Waals surface area contributed by atoms with E-state index in [1.807, 2.05) is 0 Å². The first-order valence-electron chi connectivity index (χ1n) is 6.67. The van der Waals surface area contributed by atoms with Crippen LogP contribution in [-0.2, 0) is 9.47 Å². The second-order valence-corrected chi connectivity index (χ2v) is 5.35. The second kappa shape index (κ2) is 5.33. The molecule has 2 heteroatoms. The molecule has 1 heterocycles. The fourth-order valence-corrected chi connectivity index (χ4v) is 2.67. The van der Waals surface area contributed by atoms with Crippen LogP contribution in [0.1, 0.15) is 52.4 Å². The van der Waals surface area contributed by atoms with Crippen molar-refractivity contribution in [2.24, 2.45) is 5.41 Å². The molecule has 2 rings (SSSR count). The summed E-state index contributed by atoms with van der Waals surface area (Å²) in [6, 6.07) is 0. The van der Waals surface area contributed by atoms with Gasteiger partial charge in [0.25, 0.3) is 0 Å². The van der Waals surface area contributed by atoms with Gasteiger partial charge < -0.3 is 9.47 Å². The summed E-state index contributed by atoms with van der Waals surface area (Å²) in [5.74, 6) is 0. The average Bonchev–Trinajstić information content (AvgIpc) is 2.89. The number of allylic oxidation sites excluding steroid dienone is 1. The van der Waals surface area contributed by atoms with Gasteiger partial charge in [0, 0.05) is 18.4 Å². The van der Waals surface area contributed by atoms with Crippen LogP contribution >= 0.6 is 0 Å². The quantitative estimate of drug-likeness (QED) is 0.524. The topological polar surface area (TPSA) is 18.5 Å². The van der Waals surface area contributed by atoms with Gasteiger partial charge in [-0.15, -0.1) is 0 Å². The minimum Gasteiger partial charge on any atom is -0.353 e. The first-order valence-corrected chi connectivity index (χ1v) is 6.67. The van der Waals surface area contributed by atoms with Gasteiger partial charge >= 0.3 is 0 Å². The first kappa shape index (κ1) is 12.1. The molecule has 92 valence electrons. The van der Waals surface area contributed by atoms with E-state index < -0.39 is 0 Å². The van der Waals surface area contributed by atoms with Gasteiger partial charge in [0.15, 0.2) is 6.29 Å². The minimum atomic E-state index is 0.0399. The van der Waals surface area contributed by atoms with Gasteiger partial charge in [0.2, 0.25) is 0 Å². The van der Waals surface area contributed by atoms with Crippen molar-refractivity contribution in [3.05, 3.63) is 11.6 Å². The molecule has 2 unspecified atom stereocenters. The molecular formula is C14H24O2. The molecule has 1 aliphatic carbocycles. The van der Waals surface area contributed by atoms with Crippen molar-refractivity contribution in [3.8, 4) is 0 Å².